The van der Waals surface area contributed by atoms with E-state index in [2.05, 4.69) is 4.98 Å². The van der Waals surface area contributed by atoms with Crippen molar-refractivity contribution >= 4 is 24.2 Å². The molecular weight excluding hydrogens is 350 g/mol. The van der Waals surface area contributed by atoms with Crippen LogP contribution < -0.4 is 10.2 Å². The second kappa shape index (κ2) is 6.36. The molecule has 2 heterocycles. The van der Waals surface area contributed by atoms with Crippen molar-refractivity contribution in [2.45, 2.75) is 76.6 Å². The number of halogens is 3. The Morgan fingerprint density at radius 1 is 1.16 bits per heavy atom. The molecule has 0 amide bonds. The highest BCUT2D eigenvalue weighted by Crippen LogP contribution is 2.37. The van der Waals surface area contributed by atoms with Gasteiger partial charge < -0.3 is 14.0 Å². The van der Waals surface area contributed by atoms with Crippen LogP contribution in [-0.2, 0) is 9.31 Å². The van der Waals surface area contributed by atoms with Gasteiger partial charge in [-0.3, -0.25) is 0 Å². The quantitative estimate of drug-likeness (QED) is 0.751. The Bertz CT molecular complexity index is 631. The SMILES string of the molecule is CC1(C)OB(c2cnc(OC3CCC(F)(F)CC3)c(Cl)c2)OC1(C)C. The van der Waals surface area contributed by atoms with E-state index in [-0.39, 0.29) is 24.8 Å². The molecule has 0 radical (unpaired) electrons. The molecule has 3 rings (SSSR count). The van der Waals surface area contributed by atoms with Crippen molar-refractivity contribution in [3.8, 4) is 5.88 Å². The van der Waals surface area contributed by atoms with E-state index in [0.717, 1.165) is 0 Å². The first-order chi connectivity index (χ1) is 11.5. The third-order valence-electron chi connectivity index (χ3n) is 5.30. The Labute approximate surface area is 152 Å². The van der Waals surface area contributed by atoms with Gasteiger partial charge in [-0.25, -0.2) is 13.8 Å². The highest BCUT2D eigenvalue weighted by atomic mass is 35.5. The molecule has 0 bridgehead atoms. The molecular formula is C17H23BClF2NO3. The molecule has 4 nitrogen and oxygen atoms in total. The Hall–Kier alpha value is -0.915. The molecule has 2 aliphatic rings. The van der Waals surface area contributed by atoms with Crippen molar-refractivity contribution in [2.24, 2.45) is 0 Å². The Morgan fingerprint density at radius 3 is 2.24 bits per heavy atom. The molecule has 25 heavy (non-hydrogen) atoms. The molecule has 0 unspecified atom stereocenters. The van der Waals surface area contributed by atoms with Crippen LogP contribution >= 0.6 is 11.6 Å². The summed E-state index contributed by atoms with van der Waals surface area (Å²) in [5.41, 5.74) is -0.203. The van der Waals surface area contributed by atoms with Gasteiger partial charge >= 0.3 is 7.12 Å². The monoisotopic (exact) mass is 373 g/mol. The lowest BCUT2D eigenvalue weighted by atomic mass is 9.80. The second-order valence-electron chi connectivity index (χ2n) is 7.82. The van der Waals surface area contributed by atoms with Crippen molar-refractivity contribution in [1.29, 1.82) is 0 Å². The van der Waals surface area contributed by atoms with Gasteiger partial charge in [0.05, 0.1) is 11.2 Å². The van der Waals surface area contributed by atoms with Gasteiger partial charge in [-0.05, 0) is 46.6 Å². The minimum atomic E-state index is -2.59. The molecule has 1 aromatic heterocycles. The van der Waals surface area contributed by atoms with Crippen LogP contribution in [0.5, 0.6) is 5.88 Å². The second-order valence-corrected chi connectivity index (χ2v) is 8.22. The topological polar surface area (TPSA) is 40.6 Å². The molecule has 1 aromatic rings. The van der Waals surface area contributed by atoms with E-state index in [9.17, 15) is 8.78 Å². The van der Waals surface area contributed by atoms with Gasteiger partial charge in [-0.15, -0.1) is 0 Å². The van der Waals surface area contributed by atoms with Crippen LogP contribution in [0.1, 0.15) is 53.4 Å². The standard InChI is InChI=1S/C17H23BClF2NO3/c1-15(2)16(3,4)25-18(24-15)11-9-13(19)14(22-10-11)23-12-5-7-17(20,21)8-6-12/h9-10,12H,5-8H2,1-4H3. The Kier molecular flexibility index (Phi) is 4.80. The van der Waals surface area contributed by atoms with Crippen molar-refractivity contribution < 1.29 is 22.8 Å². The van der Waals surface area contributed by atoms with Crippen LogP contribution in [0.15, 0.2) is 12.3 Å². The lowest BCUT2D eigenvalue weighted by Gasteiger charge is -2.32. The van der Waals surface area contributed by atoms with Gasteiger partial charge in [0.2, 0.25) is 11.8 Å². The van der Waals surface area contributed by atoms with Crippen molar-refractivity contribution in [3.63, 3.8) is 0 Å². The fourth-order valence-electron chi connectivity index (χ4n) is 2.92. The van der Waals surface area contributed by atoms with Crippen LogP contribution in [0.25, 0.3) is 0 Å². The van der Waals surface area contributed by atoms with Gasteiger partial charge in [0.15, 0.2) is 0 Å². The van der Waals surface area contributed by atoms with E-state index >= 15 is 0 Å². The zero-order valence-electron chi connectivity index (χ0n) is 14.9. The number of alkyl halides is 2. The number of aromatic nitrogens is 1. The van der Waals surface area contributed by atoms with E-state index in [1.807, 2.05) is 27.7 Å². The third kappa shape index (κ3) is 3.93. The summed E-state index contributed by atoms with van der Waals surface area (Å²) in [6.07, 6.45) is 1.57. The normalized spacial score (nSPS) is 25.2. The van der Waals surface area contributed by atoms with Crippen LogP contribution in [0.3, 0.4) is 0 Å². The van der Waals surface area contributed by atoms with Crippen LogP contribution in [0.4, 0.5) is 8.78 Å². The number of hydrogen-bond donors (Lipinski definition) is 0. The van der Waals surface area contributed by atoms with Gasteiger partial charge in [-0.1, -0.05) is 11.6 Å². The lowest BCUT2D eigenvalue weighted by Crippen LogP contribution is -2.41. The van der Waals surface area contributed by atoms with Gasteiger partial charge in [-0.2, -0.15) is 0 Å². The van der Waals surface area contributed by atoms with E-state index < -0.39 is 24.2 Å². The van der Waals surface area contributed by atoms with Crippen LogP contribution in [0.2, 0.25) is 5.02 Å². The molecule has 1 saturated carbocycles. The highest BCUT2D eigenvalue weighted by molar-refractivity contribution is 6.62. The van der Waals surface area contributed by atoms with E-state index in [4.69, 9.17) is 25.6 Å². The van der Waals surface area contributed by atoms with Crippen molar-refractivity contribution in [1.82, 2.24) is 4.98 Å². The maximum Gasteiger partial charge on any atom is 0.496 e. The minimum absolute atomic E-state index is 0.165. The van der Waals surface area contributed by atoms with E-state index in [0.29, 0.717) is 23.3 Å². The fraction of sp³-hybridized carbons (Fsp3) is 0.706. The average Bonchev–Trinajstić information content (AvgIpc) is 2.71. The maximum atomic E-state index is 13.2. The third-order valence-corrected chi connectivity index (χ3v) is 5.57. The average molecular weight is 374 g/mol. The molecule has 1 saturated heterocycles. The molecule has 0 spiro atoms. The van der Waals surface area contributed by atoms with Crippen molar-refractivity contribution in [3.05, 3.63) is 17.3 Å². The Morgan fingerprint density at radius 2 is 1.72 bits per heavy atom. The smallest absolute Gasteiger partial charge is 0.473 e. The van der Waals surface area contributed by atoms with Gasteiger partial charge in [0.25, 0.3) is 0 Å². The summed E-state index contributed by atoms with van der Waals surface area (Å²) in [7, 11) is -0.558. The molecule has 138 valence electrons. The lowest BCUT2D eigenvalue weighted by molar-refractivity contribution is -0.0587. The van der Waals surface area contributed by atoms with E-state index in [1.54, 1.807) is 12.3 Å². The van der Waals surface area contributed by atoms with Crippen LogP contribution in [-0.4, -0.2) is 35.3 Å². The van der Waals surface area contributed by atoms with Crippen LogP contribution in [0, 0.1) is 0 Å². The molecule has 0 atom stereocenters. The summed E-state index contributed by atoms with van der Waals surface area (Å²) < 4.78 is 44.1. The predicted molar refractivity (Wildman–Crippen MR) is 92.8 cm³/mol. The molecule has 8 heteroatoms. The van der Waals surface area contributed by atoms with Gasteiger partial charge in [0, 0.05) is 24.5 Å². The molecule has 2 fully saturated rings. The molecule has 0 N–H and O–H groups in total. The summed E-state index contributed by atoms with van der Waals surface area (Å²) >= 11 is 6.28. The van der Waals surface area contributed by atoms with Gasteiger partial charge in [0.1, 0.15) is 11.1 Å². The molecule has 1 aliphatic heterocycles. The number of ether oxygens (including phenoxy) is 1. The summed E-state index contributed by atoms with van der Waals surface area (Å²) in [6, 6.07) is 1.70. The largest absolute Gasteiger partial charge is 0.496 e. The first-order valence-electron chi connectivity index (χ1n) is 8.55. The molecule has 0 aromatic carbocycles. The van der Waals surface area contributed by atoms with Crippen molar-refractivity contribution in [2.75, 3.05) is 0 Å². The highest BCUT2D eigenvalue weighted by Gasteiger charge is 2.52. The summed E-state index contributed by atoms with van der Waals surface area (Å²) in [6.45, 7) is 7.88. The Balaban J connectivity index is 1.68. The summed E-state index contributed by atoms with van der Waals surface area (Å²) in [5, 5.41) is 0.324. The summed E-state index contributed by atoms with van der Waals surface area (Å²) in [4.78, 5) is 4.25. The molecule has 1 aliphatic carbocycles. The number of rotatable bonds is 3. The summed E-state index contributed by atoms with van der Waals surface area (Å²) in [5.74, 6) is -2.32. The first-order valence-corrected chi connectivity index (χ1v) is 8.92. The number of pyridine rings is 1. The number of hydrogen-bond acceptors (Lipinski definition) is 4. The number of nitrogens with zero attached hydrogens (tertiary/aromatic N) is 1. The first kappa shape index (κ1) is 18.9. The fourth-order valence-corrected chi connectivity index (χ4v) is 3.14. The maximum absolute atomic E-state index is 13.2. The zero-order valence-corrected chi connectivity index (χ0v) is 15.7. The predicted octanol–water partition coefficient (Wildman–Crippen LogP) is 3.99. The van der Waals surface area contributed by atoms with E-state index in [1.165, 1.54) is 0 Å². The minimum Gasteiger partial charge on any atom is -0.473 e. The zero-order chi connectivity index (χ0) is 18.5.